The Morgan fingerprint density at radius 3 is 2.24 bits per heavy atom. The summed E-state index contributed by atoms with van der Waals surface area (Å²) in [5.74, 6) is 1.05. The van der Waals surface area contributed by atoms with Crippen molar-refractivity contribution in [1.82, 2.24) is 9.88 Å². The van der Waals surface area contributed by atoms with Gasteiger partial charge in [-0.1, -0.05) is 17.2 Å². The summed E-state index contributed by atoms with van der Waals surface area (Å²) in [7, 11) is 0. The molecule has 25 heavy (non-hydrogen) atoms. The number of benzene rings is 1. The van der Waals surface area contributed by atoms with Crippen LogP contribution in [0.4, 0.5) is 0 Å². The highest BCUT2D eigenvalue weighted by molar-refractivity contribution is 5.95. The third-order valence-electron chi connectivity index (χ3n) is 5.35. The number of pyridine rings is 1. The van der Waals surface area contributed by atoms with Crippen molar-refractivity contribution in [1.29, 1.82) is 0 Å². The fraction of sp³-hybridized carbons (Fsp3) is 0.429. The lowest BCUT2D eigenvalue weighted by Gasteiger charge is -2.39. The molecule has 0 aliphatic carbocycles. The summed E-state index contributed by atoms with van der Waals surface area (Å²) in [6.45, 7) is 4.10. The van der Waals surface area contributed by atoms with E-state index in [9.17, 15) is 4.79 Å². The summed E-state index contributed by atoms with van der Waals surface area (Å²) in [5, 5.41) is 0. The summed E-state index contributed by atoms with van der Waals surface area (Å²) >= 11 is 0. The highest BCUT2D eigenvalue weighted by Gasteiger charge is 2.44. The standard InChI is InChI=1S/C21H24N2O2/c1-14-9-15(2)11-16(10-14)21(24)23-17-3-4-18(23)13-20(12-17)25-19-5-7-22-8-6-19/h5-11,17-18,20H,3-4,12-13H2,1-2H3. The molecule has 4 rings (SSSR count). The zero-order valence-electron chi connectivity index (χ0n) is 14.8. The summed E-state index contributed by atoms with van der Waals surface area (Å²) in [6.07, 6.45) is 7.67. The van der Waals surface area contributed by atoms with E-state index in [0.29, 0.717) is 12.1 Å². The molecular weight excluding hydrogens is 312 g/mol. The number of nitrogens with zero attached hydrogens (tertiary/aromatic N) is 2. The maximum Gasteiger partial charge on any atom is 0.254 e. The van der Waals surface area contributed by atoms with E-state index in [1.807, 2.05) is 38.1 Å². The summed E-state index contributed by atoms with van der Waals surface area (Å²) in [4.78, 5) is 19.3. The molecule has 2 fully saturated rings. The maximum atomic E-state index is 13.1. The molecule has 2 bridgehead atoms. The van der Waals surface area contributed by atoms with Crippen molar-refractivity contribution in [2.75, 3.05) is 0 Å². The quantitative estimate of drug-likeness (QED) is 0.853. The molecule has 1 amide bonds. The molecule has 2 aliphatic heterocycles. The average Bonchev–Trinajstić information content (AvgIpc) is 2.85. The van der Waals surface area contributed by atoms with E-state index in [1.54, 1.807) is 12.4 Å². The molecule has 0 spiro atoms. The molecule has 2 unspecified atom stereocenters. The van der Waals surface area contributed by atoms with Crippen LogP contribution in [-0.2, 0) is 0 Å². The Bertz CT molecular complexity index is 740. The highest BCUT2D eigenvalue weighted by atomic mass is 16.5. The Hall–Kier alpha value is -2.36. The van der Waals surface area contributed by atoms with Crippen LogP contribution in [0.25, 0.3) is 0 Å². The SMILES string of the molecule is Cc1cc(C)cc(C(=O)N2C3CCC2CC(Oc2ccncc2)C3)c1. The van der Waals surface area contributed by atoms with Crippen LogP contribution in [-0.4, -0.2) is 34.0 Å². The molecule has 1 aromatic carbocycles. The predicted octanol–water partition coefficient (Wildman–Crippen LogP) is 3.91. The molecule has 4 heteroatoms. The molecular formula is C21H24N2O2. The third kappa shape index (κ3) is 3.26. The molecule has 0 saturated carbocycles. The van der Waals surface area contributed by atoms with Crippen LogP contribution in [0.2, 0.25) is 0 Å². The number of hydrogen-bond donors (Lipinski definition) is 0. The van der Waals surface area contributed by atoms with Gasteiger partial charge in [-0.3, -0.25) is 9.78 Å². The first-order valence-corrected chi connectivity index (χ1v) is 9.08. The van der Waals surface area contributed by atoms with Crippen molar-refractivity contribution in [3.05, 3.63) is 59.4 Å². The van der Waals surface area contributed by atoms with Gasteiger partial charge in [0.1, 0.15) is 11.9 Å². The average molecular weight is 336 g/mol. The number of carbonyl (C=O) groups excluding carboxylic acids is 1. The van der Waals surface area contributed by atoms with Crippen molar-refractivity contribution in [2.45, 2.75) is 57.7 Å². The van der Waals surface area contributed by atoms with Gasteiger partial charge >= 0.3 is 0 Å². The minimum absolute atomic E-state index is 0.182. The molecule has 1 aromatic heterocycles. The lowest BCUT2D eigenvalue weighted by molar-refractivity contribution is 0.0358. The van der Waals surface area contributed by atoms with Gasteiger partial charge in [0.15, 0.2) is 0 Å². The van der Waals surface area contributed by atoms with E-state index in [1.165, 1.54) is 0 Å². The van der Waals surface area contributed by atoms with E-state index in [2.05, 4.69) is 16.0 Å². The van der Waals surface area contributed by atoms with E-state index in [0.717, 1.165) is 48.1 Å². The van der Waals surface area contributed by atoms with Crippen molar-refractivity contribution in [3.63, 3.8) is 0 Å². The number of piperidine rings is 1. The molecule has 2 atom stereocenters. The van der Waals surface area contributed by atoms with Gasteiger partial charge in [0.2, 0.25) is 0 Å². The highest BCUT2D eigenvalue weighted by Crippen LogP contribution is 2.38. The maximum absolute atomic E-state index is 13.1. The van der Waals surface area contributed by atoms with E-state index in [4.69, 9.17) is 4.74 Å². The Morgan fingerprint density at radius 1 is 1.04 bits per heavy atom. The zero-order valence-corrected chi connectivity index (χ0v) is 14.8. The third-order valence-corrected chi connectivity index (χ3v) is 5.35. The van der Waals surface area contributed by atoms with E-state index < -0.39 is 0 Å². The monoisotopic (exact) mass is 336 g/mol. The number of aryl methyl sites for hydroxylation is 2. The molecule has 0 radical (unpaired) electrons. The van der Waals surface area contributed by atoms with Gasteiger partial charge in [-0.15, -0.1) is 0 Å². The van der Waals surface area contributed by atoms with Crippen LogP contribution in [0.5, 0.6) is 5.75 Å². The van der Waals surface area contributed by atoms with Crippen LogP contribution in [0.3, 0.4) is 0 Å². The predicted molar refractivity (Wildman–Crippen MR) is 96.8 cm³/mol. The van der Waals surface area contributed by atoms with Gasteiger partial charge in [0.05, 0.1) is 0 Å². The van der Waals surface area contributed by atoms with Crippen LogP contribution in [0.1, 0.15) is 47.2 Å². The molecule has 2 aromatic rings. The Kier molecular flexibility index (Phi) is 4.20. The first kappa shape index (κ1) is 16.1. The van der Waals surface area contributed by atoms with Crippen molar-refractivity contribution >= 4 is 5.91 Å². The molecule has 3 heterocycles. The molecule has 0 N–H and O–H groups in total. The molecule has 2 aliphatic rings. The minimum Gasteiger partial charge on any atom is -0.490 e. The zero-order chi connectivity index (χ0) is 17.4. The van der Waals surface area contributed by atoms with E-state index in [-0.39, 0.29) is 12.0 Å². The van der Waals surface area contributed by atoms with Gasteiger partial charge in [-0.2, -0.15) is 0 Å². The minimum atomic E-state index is 0.182. The molecule has 4 nitrogen and oxygen atoms in total. The number of fused-ring (bicyclic) bond motifs is 2. The van der Waals surface area contributed by atoms with E-state index >= 15 is 0 Å². The second-order valence-corrected chi connectivity index (χ2v) is 7.37. The van der Waals surface area contributed by atoms with Crippen molar-refractivity contribution < 1.29 is 9.53 Å². The number of amides is 1. The van der Waals surface area contributed by atoms with Gasteiger partial charge in [-0.05, 0) is 51.0 Å². The normalized spacial score (nSPS) is 25.0. The van der Waals surface area contributed by atoms with Crippen LogP contribution in [0.15, 0.2) is 42.7 Å². The second kappa shape index (κ2) is 6.51. The van der Waals surface area contributed by atoms with Gasteiger partial charge in [0.25, 0.3) is 5.91 Å². The summed E-state index contributed by atoms with van der Waals surface area (Å²) < 4.78 is 6.13. The Labute approximate surface area is 148 Å². The number of aromatic nitrogens is 1. The van der Waals surface area contributed by atoms with Gasteiger partial charge in [0, 0.05) is 42.9 Å². The van der Waals surface area contributed by atoms with Crippen LogP contribution in [0, 0.1) is 13.8 Å². The largest absolute Gasteiger partial charge is 0.490 e. The fourth-order valence-corrected chi connectivity index (χ4v) is 4.41. The Morgan fingerprint density at radius 2 is 1.64 bits per heavy atom. The van der Waals surface area contributed by atoms with Crippen LogP contribution >= 0.6 is 0 Å². The number of hydrogen-bond acceptors (Lipinski definition) is 3. The Balaban J connectivity index is 1.49. The molecule has 2 saturated heterocycles. The first-order chi connectivity index (χ1) is 12.1. The summed E-state index contributed by atoms with van der Waals surface area (Å²) in [6, 6.07) is 10.5. The van der Waals surface area contributed by atoms with Crippen molar-refractivity contribution in [3.8, 4) is 5.75 Å². The second-order valence-electron chi connectivity index (χ2n) is 7.37. The van der Waals surface area contributed by atoms with Crippen LogP contribution < -0.4 is 4.74 Å². The number of carbonyl (C=O) groups is 1. The number of rotatable bonds is 3. The van der Waals surface area contributed by atoms with Crippen molar-refractivity contribution in [2.24, 2.45) is 0 Å². The first-order valence-electron chi connectivity index (χ1n) is 9.08. The smallest absolute Gasteiger partial charge is 0.254 e. The van der Waals surface area contributed by atoms with Gasteiger partial charge in [-0.25, -0.2) is 0 Å². The summed E-state index contributed by atoms with van der Waals surface area (Å²) in [5.41, 5.74) is 3.11. The fourth-order valence-electron chi connectivity index (χ4n) is 4.41. The number of ether oxygens (including phenoxy) is 1. The molecule has 130 valence electrons. The topological polar surface area (TPSA) is 42.4 Å². The lowest BCUT2D eigenvalue weighted by atomic mass is 9.97. The van der Waals surface area contributed by atoms with Gasteiger partial charge < -0.3 is 9.64 Å². The lowest BCUT2D eigenvalue weighted by Crippen LogP contribution is -2.49.